The predicted octanol–water partition coefficient (Wildman–Crippen LogP) is 3.11. The van der Waals surface area contributed by atoms with Gasteiger partial charge >= 0.3 is 0 Å². The van der Waals surface area contributed by atoms with E-state index < -0.39 is 0 Å². The van der Waals surface area contributed by atoms with Crippen molar-refractivity contribution in [1.82, 2.24) is 5.32 Å². The van der Waals surface area contributed by atoms with Crippen LogP contribution in [-0.4, -0.2) is 19.7 Å². The van der Waals surface area contributed by atoms with Gasteiger partial charge in [0, 0.05) is 17.5 Å². The zero-order valence-electron chi connectivity index (χ0n) is 10.7. The van der Waals surface area contributed by atoms with Gasteiger partial charge in [-0.1, -0.05) is 23.8 Å². The standard InChI is InChI=1S/C15H21NO/c1-11(2)8-9-14(16-3)13-10-17-15-7-5-4-6-12(13)15/h4-7,13-14,16H,1,8-10H2,2-3H3. The van der Waals surface area contributed by atoms with E-state index in [0.29, 0.717) is 12.0 Å². The lowest BCUT2D eigenvalue weighted by molar-refractivity contribution is 0.297. The first kappa shape index (κ1) is 12.2. The van der Waals surface area contributed by atoms with Crippen molar-refractivity contribution in [2.45, 2.75) is 31.7 Å². The summed E-state index contributed by atoms with van der Waals surface area (Å²) < 4.78 is 5.74. The normalized spacial score (nSPS) is 19.5. The molecular formula is C15H21NO. The SMILES string of the molecule is C=C(C)CCC(NC)C1COc2ccccc21. The number of nitrogens with one attached hydrogen (secondary N) is 1. The largest absolute Gasteiger partial charge is 0.493 e. The van der Waals surface area contributed by atoms with E-state index in [0.717, 1.165) is 25.2 Å². The molecule has 1 aromatic rings. The summed E-state index contributed by atoms with van der Waals surface area (Å²) in [6.45, 7) is 6.86. The van der Waals surface area contributed by atoms with Gasteiger partial charge in [-0.15, -0.1) is 6.58 Å². The van der Waals surface area contributed by atoms with Crippen molar-refractivity contribution >= 4 is 0 Å². The third-order valence-electron chi connectivity index (χ3n) is 3.48. The van der Waals surface area contributed by atoms with Crippen LogP contribution in [0.25, 0.3) is 0 Å². The van der Waals surface area contributed by atoms with Gasteiger partial charge in [-0.05, 0) is 32.9 Å². The van der Waals surface area contributed by atoms with Gasteiger partial charge in [0.25, 0.3) is 0 Å². The highest BCUT2D eigenvalue weighted by molar-refractivity contribution is 5.40. The van der Waals surface area contributed by atoms with Crippen LogP contribution in [0.2, 0.25) is 0 Å². The first-order valence-electron chi connectivity index (χ1n) is 6.25. The molecule has 0 spiro atoms. The first-order chi connectivity index (χ1) is 8.22. The minimum absolute atomic E-state index is 0.468. The van der Waals surface area contributed by atoms with Crippen LogP contribution in [0.4, 0.5) is 0 Å². The van der Waals surface area contributed by atoms with Gasteiger partial charge < -0.3 is 10.1 Å². The lowest BCUT2D eigenvalue weighted by Crippen LogP contribution is -2.33. The summed E-state index contributed by atoms with van der Waals surface area (Å²) in [4.78, 5) is 0. The Labute approximate surface area is 104 Å². The molecule has 1 aromatic carbocycles. The molecule has 1 aliphatic rings. The summed E-state index contributed by atoms with van der Waals surface area (Å²) in [6.07, 6.45) is 2.19. The van der Waals surface area contributed by atoms with Crippen molar-refractivity contribution in [3.8, 4) is 5.75 Å². The molecule has 2 heteroatoms. The molecule has 2 rings (SSSR count). The summed E-state index contributed by atoms with van der Waals surface area (Å²) in [7, 11) is 2.03. The number of para-hydroxylation sites is 1. The van der Waals surface area contributed by atoms with Crippen molar-refractivity contribution in [2.24, 2.45) is 0 Å². The zero-order chi connectivity index (χ0) is 12.3. The van der Waals surface area contributed by atoms with Crippen LogP contribution < -0.4 is 10.1 Å². The monoisotopic (exact) mass is 231 g/mol. The van der Waals surface area contributed by atoms with E-state index in [-0.39, 0.29) is 0 Å². The van der Waals surface area contributed by atoms with Crippen molar-refractivity contribution < 1.29 is 4.74 Å². The van der Waals surface area contributed by atoms with Gasteiger partial charge in [0.2, 0.25) is 0 Å². The molecule has 0 amide bonds. The molecule has 0 saturated heterocycles. The third-order valence-corrected chi connectivity index (χ3v) is 3.48. The molecular weight excluding hydrogens is 210 g/mol. The molecule has 0 aliphatic carbocycles. The Kier molecular flexibility index (Phi) is 3.85. The van der Waals surface area contributed by atoms with Crippen LogP contribution in [0.1, 0.15) is 31.2 Å². The minimum atomic E-state index is 0.468. The molecule has 0 fully saturated rings. The number of allylic oxidation sites excluding steroid dienone is 1. The predicted molar refractivity (Wildman–Crippen MR) is 71.6 cm³/mol. The molecule has 0 aromatic heterocycles. The number of fused-ring (bicyclic) bond motifs is 1. The lowest BCUT2D eigenvalue weighted by atomic mass is 9.90. The smallest absolute Gasteiger partial charge is 0.122 e. The highest BCUT2D eigenvalue weighted by atomic mass is 16.5. The van der Waals surface area contributed by atoms with E-state index in [9.17, 15) is 0 Å². The van der Waals surface area contributed by atoms with Crippen molar-refractivity contribution in [3.63, 3.8) is 0 Å². The van der Waals surface area contributed by atoms with Crippen molar-refractivity contribution in [1.29, 1.82) is 0 Å². The molecule has 0 radical (unpaired) electrons. The molecule has 0 saturated carbocycles. The zero-order valence-corrected chi connectivity index (χ0v) is 10.7. The average Bonchev–Trinajstić information content (AvgIpc) is 2.74. The summed E-state index contributed by atoms with van der Waals surface area (Å²) >= 11 is 0. The third kappa shape index (κ3) is 2.70. The number of rotatable bonds is 5. The molecule has 1 N–H and O–H groups in total. The maximum absolute atomic E-state index is 5.74. The summed E-state index contributed by atoms with van der Waals surface area (Å²) in [5, 5.41) is 3.42. The van der Waals surface area contributed by atoms with Crippen LogP contribution in [-0.2, 0) is 0 Å². The minimum Gasteiger partial charge on any atom is -0.493 e. The van der Waals surface area contributed by atoms with Gasteiger partial charge in [-0.3, -0.25) is 0 Å². The molecule has 1 aliphatic heterocycles. The highest BCUT2D eigenvalue weighted by Crippen LogP contribution is 2.36. The Morgan fingerprint density at radius 3 is 3.00 bits per heavy atom. The van der Waals surface area contributed by atoms with Crippen molar-refractivity contribution in [3.05, 3.63) is 42.0 Å². The van der Waals surface area contributed by atoms with Crippen LogP contribution in [0.5, 0.6) is 5.75 Å². The van der Waals surface area contributed by atoms with Gasteiger partial charge in [0.15, 0.2) is 0 Å². The van der Waals surface area contributed by atoms with E-state index in [1.807, 2.05) is 13.1 Å². The summed E-state index contributed by atoms with van der Waals surface area (Å²) in [5.74, 6) is 1.52. The van der Waals surface area contributed by atoms with E-state index in [1.165, 1.54) is 11.1 Å². The Morgan fingerprint density at radius 1 is 1.53 bits per heavy atom. The van der Waals surface area contributed by atoms with Gasteiger partial charge in [-0.2, -0.15) is 0 Å². The number of benzene rings is 1. The Morgan fingerprint density at radius 2 is 2.29 bits per heavy atom. The van der Waals surface area contributed by atoms with E-state index in [4.69, 9.17) is 4.74 Å². The topological polar surface area (TPSA) is 21.3 Å². The first-order valence-corrected chi connectivity index (χ1v) is 6.25. The fourth-order valence-electron chi connectivity index (χ4n) is 2.47. The van der Waals surface area contributed by atoms with E-state index in [1.54, 1.807) is 0 Å². The molecule has 17 heavy (non-hydrogen) atoms. The highest BCUT2D eigenvalue weighted by Gasteiger charge is 2.29. The summed E-state index contributed by atoms with van der Waals surface area (Å²) in [5.41, 5.74) is 2.59. The molecule has 2 atom stereocenters. The Hall–Kier alpha value is -1.28. The number of hydrogen-bond acceptors (Lipinski definition) is 2. The fraction of sp³-hybridized carbons (Fsp3) is 0.467. The van der Waals surface area contributed by atoms with Crippen LogP contribution in [0.3, 0.4) is 0 Å². The second-order valence-corrected chi connectivity index (χ2v) is 4.85. The maximum Gasteiger partial charge on any atom is 0.122 e. The quantitative estimate of drug-likeness (QED) is 0.786. The molecule has 2 unspecified atom stereocenters. The lowest BCUT2D eigenvalue weighted by Gasteiger charge is -2.22. The maximum atomic E-state index is 5.74. The number of likely N-dealkylation sites (N-methyl/N-ethyl adjacent to an activating group) is 1. The number of hydrogen-bond donors (Lipinski definition) is 1. The van der Waals surface area contributed by atoms with Gasteiger partial charge in [0.1, 0.15) is 5.75 Å². The van der Waals surface area contributed by atoms with Crippen LogP contribution in [0.15, 0.2) is 36.4 Å². The summed E-state index contributed by atoms with van der Waals surface area (Å²) in [6, 6.07) is 8.82. The molecule has 2 nitrogen and oxygen atoms in total. The Balaban J connectivity index is 2.09. The second kappa shape index (κ2) is 5.37. The van der Waals surface area contributed by atoms with E-state index >= 15 is 0 Å². The van der Waals surface area contributed by atoms with Crippen LogP contribution in [0, 0.1) is 0 Å². The van der Waals surface area contributed by atoms with Crippen molar-refractivity contribution in [2.75, 3.05) is 13.7 Å². The Bertz CT molecular complexity index is 400. The number of ether oxygens (including phenoxy) is 1. The molecule has 92 valence electrons. The average molecular weight is 231 g/mol. The second-order valence-electron chi connectivity index (χ2n) is 4.85. The van der Waals surface area contributed by atoms with E-state index in [2.05, 4.69) is 37.0 Å². The molecule has 1 heterocycles. The van der Waals surface area contributed by atoms with Crippen LogP contribution >= 0.6 is 0 Å². The van der Waals surface area contributed by atoms with Gasteiger partial charge in [0.05, 0.1) is 6.61 Å². The molecule has 0 bridgehead atoms. The van der Waals surface area contributed by atoms with Gasteiger partial charge in [-0.25, -0.2) is 0 Å². The fourth-order valence-corrected chi connectivity index (χ4v) is 2.47.